The topological polar surface area (TPSA) is 39.7 Å². The summed E-state index contributed by atoms with van der Waals surface area (Å²) >= 11 is 1.77. The van der Waals surface area contributed by atoms with Crippen LogP contribution in [0.15, 0.2) is 22.5 Å². The SMILES string of the molecule is CN=C(NCCCN1CCCC(C)C1)NCc1cccs1.I. The average molecular weight is 436 g/mol. The molecule has 2 rings (SSSR count). The highest BCUT2D eigenvalue weighted by atomic mass is 127. The van der Waals surface area contributed by atoms with Crippen molar-refractivity contribution in [2.75, 3.05) is 33.2 Å². The zero-order valence-electron chi connectivity index (χ0n) is 13.7. The van der Waals surface area contributed by atoms with Crippen LogP contribution >= 0.6 is 35.3 Å². The zero-order valence-corrected chi connectivity index (χ0v) is 16.8. The maximum absolute atomic E-state index is 4.27. The monoisotopic (exact) mass is 436 g/mol. The van der Waals surface area contributed by atoms with Gasteiger partial charge in [0.2, 0.25) is 0 Å². The van der Waals surface area contributed by atoms with Crippen LogP contribution in [-0.2, 0) is 6.54 Å². The summed E-state index contributed by atoms with van der Waals surface area (Å²) in [5, 5.41) is 8.86. The molecule has 1 saturated heterocycles. The van der Waals surface area contributed by atoms with Crippen molar-refractivity contribution in [3.05, 3.63) is 22.4 Å². The Labute approximate surface area is 155 Å². The molecule has 1 atom stereocenters. The lowest BCUT2D eigenvalue weighted by atomic mass is 10.0. The van der Waals surface area contributed by atoms with Gasteiger partial charge in [-0.1, -0.05) is 13.0 Å². The third-order valence-corrected chi connectivity index (χ3v) is 4.79. The molecule has 2 heterocycles. The molecular weight excluding hydrogens is 407 g/mol. The zero-order chi connectivity index (χ0) is 14.9. The Morgan fingerprint density at radius 1 is 1.45 bits per heavy atom. The van der Waals surface area contributed by atoms with Crippen LogP contribution in [0.1, 0.15) is 31.1 Å². The Morgan fingerprint density at radius 3 is 3.00 bits per heavy atom. The van der Waals surface area contributed by atoms with E-state index in [0.717, 1.165) is 25.0 Å². The minimum Gasteiger partial charge on any atom is -0.356 e. The standard InChI is InChI=1S/C16H28N4S.HI/c1-14-6-3-9-20(13-14)10-5-8-18-16(17-2)19-12-15-7-4-11-21-15;/h4,7,11,14H,3,5-6,8-10,12-13H2,1-2H3,(H2,17,18,19);1H. The number of hydrogen-bond acceptors (Lipinski definition) is 3. The molecule has 0 spiro atoms. The van der Waals surface area contributed by atoms with Crippen molar-refractivity contribution in [3.63, 3.8) is 0 Å². The lowest BCUT2D eigenvalue weighted by molar-refractivity contribution is 0.182. The molecule has 2 N–H and O–H groups in total. The summed E-state index contributed by atoms with van der Waals surface area (Å²) in [5.41, 5.74) is 0. The molecule has 0 aromatic carbocycles. The molecule has 126 valence electrons. The maximum atomic E-state index is 4.27. The first kappa shape index (κ1) is 19.7. The molecule has 1 aromatic heterocycles. The molecule has 0 radical (unpaired) electrons. The van der Waals surface area contributed by atoms with Gasteiger partial charge in [-0.2, -0.15) is 0 Å². The van der Waals surface area contributed by atoms with Crippen molar-refractivity contribution in [1.29, 1.82) is 0 Å². The van der Waals surface area contributed by atoms with Gasteiger partial charge in [-0.05, 0) is 49.7 Å². The number of hydrogen-bond donors (Lipinski definition) is 2. The number of nitrogens with one attached hydrogen (secondary N) is 2. The lowest BCUT2D eigenvalue weighted by Gasteiger charge is -2.30. The van der Waals surface area contributed by atoms with Gasteiger partial charge in [0.15, 0.2) is 5.96 Å². The third kappa shape index (κ3) is 7.28. The highest BCUT2D eigenvalue weighted by Crippen LogP contribution is 2.15. The minimum absolute atomic E-state index is 0. The van der Waals surface area contributed by atoms with Crippen molar-refractivity contribution in [1.82, 2.24) is 15.5 Å². The summed E-state index contributed by atoms with van der Waals surface area (Å²) < 4.78 is 0. The second-order valence-electron chi connectivity index (χ2n) is 5.83. The lowest BCUT2D eigenvalue weighted by Crippen LogP contribution is -2.39. The Hall–Kier alpha value is -0.340. The Morgan fingerprint density at radius 2 is 2.32 bits per heavy atom. The first-order valence-electron chi connectivity index (χ1n) is 7.97. The van der Waals surface area contributed by atoms with Crippen LogP contribution in [0.3, 0.4) is 0 Å². The van der Waals surface area contributed by atoms with Crippen LogP contribution in [0.25, 0.3) is 0 Å². The molecule has 1 aliphatic heterocycles. The van der Waals surface area contributed by atoms with Crippen LogP contribution in [0.2, 0.25) is 0 Å². The fourth-order valence-electron chi connectivity index (χ4n) is 2.80. The number of nitrogens with zero attached hydrogens (tertiary/aromatic N) is 2. The summed E-state index contributed by atoms with van der Waals surface area (Å²) in [5.74, 6) is 1.77. The van der Waals surface area contributed by atoms with Gasteiger partial charge in [0.1, 0.15) is 0 Å². The number of halogens is 1. The van der Waals surface area contributed by atoms with Gasteiger partial charge in [-0.15, -0.1) is 35.3 Å². The summed E-state index contributed by atoms with van der Waals surface area (Å²) in [6.07, 6.45) is 3.93. The third-order valence-electron chi connectivity index (χ3n) is 3.92. The number of aliphatic imine (C=N–C) groups is 1. The van der Waals surface area contributed by atoms with E-state index >= 15 is 0 Å². The van der Waals surface area contributed by atoms with E-state index in [2.05, 4.69) is 45.0 Å². The molecule has 1 aliphatic rings. The molecule has 22 heavy (non-hydrogen) atoms. The molecule has 4 nitrogen and oxygen atoms in total. The molecule has 0 saturated carbocycles. The van der Waals surface area contributed by atoms with Gasteiger partial charge in [0, 0.05) is 25.0 Å². The van der Waals surface area contributed by atoms with Crippen LogP contribution in [0.4, 0.5) is 0 Å². The predicted octanol–water partition coefficient (Wildman–Crippen LogP) is 3.15. The van der Waals surface area contributed by atoms with E-state index in [1.54, 1.807) is 11.3 Å². The molecule has 1 fully saturated rings. The van der Waals surface area contributed by atoms with Crippen LogP contribution in [-0.4, -0.2) is 44.1 Å². The van der Waals surface area contributed by atoms with Crippen molar-refractivity contribution in [3.8, 4) is 0 Å². The molecule has 6 heteroatoms. The Balaban J connectivity index is 0.00000242. The number of thiophene rings is 1. The van der Waals surface area contributed by atoms with E-state index in [0.29, 0.717) is 0 Å². The average Bonchev–Trinajstić information content (AvgIpc) is 3.00. The van der Waals surface area contributed by atoms with E-state index < -0.39 is 0 Å². The van der Waals surface area contributed by atoms with E-state index in [1.165, 1.54) is 43.8 Å². The van der Waals surface area contributed by atoms with Crippen LogP contribution in [0, 0.1) is 5.92 Å². The Bertz CT molecular complexity index is 422. The quantitative estimate of drug-likeness (QED) is 0.312. The van der Waals surface area contributed by atoms with Crippen molar-refractivity contribution in [2.24, 2.45) is 10.9 Å². The van der Waals surface area contributed by atoms with Crippen molar-refractivity contribution in [2.45, 2.75) is 32.7 Å². The molecule has 1 unspecified atom stereocenters. The van der Waals surface area contributed by atoms with Crippen LogP contribution in [0.5, 0.6) is 0 Å². The predicted molar refractivity (Wildman–Crippen MR) is 107 cm³/mol. The minimum atomic E-state index is 0. The smallest absolute Gasteiger partial charge is 0.191 e. The molecule has 1 aromatic rings. The summed E-state index contributed by atoms with van der Waals surface area (Å²) in [6, 6.07) is 4.22. The van der Waals surface area contributed by atoms with Crippen molar-refractivity contribution >= 4 is 41.3 Å². The number of piperidine rings is 1. The van der Waals surface area contributed by atoms with Gasteiger partial charge in [-0.25, -0.2) is 0 Å². The van der Waals surface area contributed by atoms with E-state index in [9.17, 15) is 0 Å². The maximum Gasteiger partial charge on any atom is 0.191 e. The van der Waals surface area contributed by atoms with E-state index in [4.69, 9.17) is 0 Å². The van der Waals surface area contributed by atoms with Gasteiger partial charge in [-0.3, -0.25) is 4.99 Å². The first-order valence-corrected chi connectivity index (χ1v) is 8.85. The first-order chi connectivity index (χ1) is 10.3. The summed E-state index contributed by atoms with van der Waals surface area (Å²) in [4.78, 5) is 8.20. The summed E-state index contributed by atoms with van der Waals surface area (Å²) in [6.45, 7) is 7.93. The number of likely N-dealkylation sites (tertiary alicyclic amines) is 1. The summed E-state index contributed by atoms with van der Waals surface area (Å²) in [7, 11) is 1.83. The van der Waals surface area contributed by atoms with Gasteiger partial charge < -0.3 is 15.5 Å². The molecule has 0 amide bonds. The fourth-order valence-corrected chi connectivity index (χ4v) is 3.45. The van der Waals surface area contributed by atoms with E-state index in [-0.39, 0.29) is 24.0 Å². The Kier molecular flexibility index (Phi) is 10.1. The van der Waals surface area contributed by atoms with Gasteiger partial charge in [0.25, 0.3) is 0 Å². The highest BCUT2D eigenvalue weighted by molar-refractivity contribution is 14.0. The van der Waals surface area contributed by atoms with E-state index in [1.807, 2.05) is 7.05 Å². The van der Waals surface area contributed by atoms with Crippen LogP contribution < -0.4 is 10.6 Å². The fraction of sp³-hybridized carbons (Fsp3) is 0.688. The second-order valence-corrected chi connectivity index (χ2v) is 6.87. The second kappa shape index (κ2) is 11.2. The van der Waals surface area contributed by atoms with Gasteiger partial charge >= 0.3 is 0 Å². The molecule has 0 bridgehead atoms. The number of rotatable bonds is 6. The number of guanidine groups is 1. The van der Waals surface area contributed by atoms with Crippen molar-refractivity contribution < 1.29 is 0 Å². The molecule has 0 aliphatic carbocycles. The largest absolute Gasteiger partial charge is 0.356 e. The highest BCUT2D eigenvalue weighted by Gasteiger charge is 2.15. The molecular formula is C16H29IN4S. The van der Waals surface area contributed by atoms with Gasteiger partial charge in [0.05, 0.1) is 6.54 Å². The normalized spacial score (nSPS) is 19.5.